The lowest BCUT2D eigenvalue weighted by Gasteiger charge is -2.40. The standard InChI is InChI=1S/C13H19N3O4/c1-16(13(17)9-4-5-14-15-6-9)10-7-20-8-11(18-2)12(10)19-3/h4-6,10-12H,7-8H2,1-3H3/t10-,11-,12+/m1/s1. The summed E-state index contributed by atoms with van der Waals surface area (Å²) in [6.45, 7) is 0.878. The van der Waals surface area contributed by atoms with Crippen molar-refractivity contribution in [3.8, 4) is 0 Å². The van der Waals surface area contributed by atoms with E-state index in [2.05, 4.69) is 10.2 Å². The Bertz CT molecular complexity index is 443. The van der Waals surface area contributed by atoms with E-state index < -0.39 is 0 Å². The summed E-state index contributed by atoms with van der Waals surface area (Å²) in [5.41, 5.74) is 0.483. The van der Waals surface area contributed by atoms with Gasteiger partial charge in [-0.2, -0.15) is 10.2 Å². The topological polar surface area (TPSA) is 73.8 Å². The molecule has 110 valence electrons. The second-order valence-corrected chi connectivity index (χ2v) is 4.63. The van der Waals surface area contributed by atoms with Gasteiger partial charge in [0.2, 0.25) is 0 Å². The first-order valence-electron chi connectivity index (χ1n) is 6.36. The summed E-state index contributed by atoms with van der Waals surface area (Å²) in [5.74, 6) is -0.146. The predicted molar refractivity (Wildman–Crippen MR) is 70.3 cm³/mol. The van der Waals surface area contributed by atoms with Crippen molar-refractivity contribution in [1.29, 1.82) is 0 Å². The van der Waals surface area contributed by atoms with Gasteiger partial charge in [-0.25, -0.2) is 0 Å². The van der Waals surface area contributed by atoms with Crippen molar-refractivity contribution >= 4 is 5.91 Å². The normalized spacial score (nSPS) is 26.2. The van der Waals surface area contributed by atoms with Gasteiger partial charge in [-0.15, -0.1) is 0 Å². The number of amides is 1. The number of nitrogens with zero attached hydrogens (tertiary/aromatic N) is 3. The first-order valence-corrected chi connectivity index (χ1v) is 6.36. The lowest BCUT2D eigenvalue weighted by molar-refractivity contribution is -0.147. The maximum absolute atomic E-state index is 12.4. The molecule has 1 amide bonds. The molecule has 0 spiro atoms. The zero-order valence-electron chi connectivity index (χ0n) is 11.9. The number of likely N-dealkylation sites (N-methyl/N-ethyl adjacent to an activating group) is 1. The van der Waals surface area contributed by atoms with Crippen LogP contribution in [0.25, 0.3) is 0 Å². The summed E-state index contributed by atoms with van der Waals surface area (Å²) >= 11 is 0. The fraction of sp³-hybridized carbons (Fsp3) is 0.615. The van der Waals surface area contributed by atoms with Crippen molar-refractivity contribution in [2.75, 3.05) is 34.5 Å². The third kappa shape index (κ3) is 2.95. The number of hydrogen-bond donors (Lipinski definition) is 0. The molecule has 1 aromatic rings. The van der Waals surface area contributed by atoms with Crippen LogP contribution in [0.15, 0.2) is 18.5 Å². The summed E-state index contributed by atoms with van der Waals surface area (Å²) in [6.07, 6.45) is 2.52. The molecule has 0 unspecified atom stereocenters. The molecule has 1 fully saturated rings. The predicted octanol–water partition coefficient (Wildman–Crippen LogP) is -0.0226. The number of aromatic nitrogens is 2. The van der Waals surface area contributed by atoms with Gasteiger partial charge in [0, 0.05) is 21.3 Å². The molecule has 1 saturated heterocycles. The van der Waals surface area contributed by atoms with E-state index in [1.807, 2.05) is 0 Å². The number of carbonyl (C=O) groups excluding carboxylic acids is 1. The molecule has 1 aliphatic heterocycles. The minimum absolute atomic E-state index is 0.146. The number of rotatable bonds is 4. The van der Waals surface area contributed by atoms with Crippen molar-refractivity contribution in [2.45, 2.75) is 18.2 Å². The van der Waals surface area contributed by atoms with E-state index in [4.69, 9.17) is 14.2 Å². The summed E-state index contributed by atoms with van der Waals surface area (Å²) < 4.78 is 16.3. The largest absolute Gasteiger partial charge is 0.376 e. The van der Waals surface area contributed by atoms with Gasteiger partial charge in [0.15, 0.2) is 0 Å². The second kappa shape index (κ2) is 6.74. The molecule has 0 saturated carbocycles. The Morgan fingerprint density at radius 2 is 2.15 bits per heavy atom. The van der Waals surface area contributed by atoms with Gasteiger partial charge in [-0.1, -0.05) is 0 Å². The minimum Gasteiger partial charge on any atom is -0.376 e. The first-order chi connectivity index (χ1) is 9.69. The fourth-order valence-electron chi connectivity index (χ4n) is 2.36. The van der Waals surface area contributed by atoms with Crippen molar-refractivity contribution in [1.82, 2.24) is 15.1 Å². The second-order valence-electron chi connectivity index (χ2n) is 4.63. The van der Waals surface area contributed by atoms with Crippen molar-refractivity contribution in [3.63, 3.8) is 0 Å². The third-order valence-electron chi connectivity index (χ3n) is 3.54. The van der Waals surface area contributed by atoms with Gasteiger partial charge in [0.25, 0.3) is 5.91 Å². The highest BCUT2D eigenvalue weighted by atomic mass is 16.6. The lowest BCUT2D eigenvalue weighted by atomic mass is 10.0. The molecule has 20 heavy (non-hydrogen) atoms. The number of hydrogen-bond acceptors (Lipinski definition) is 6. The average Bonchev–Trinajstić information content (AvgIpc) is 2.53. The van der Waals surface area contributed by atoms with E-state index in [1.165, 1.54) is 12.4 Å². The molecule has 0 aliphatic carbocycles. The van der Waals surface area contributed by atoms with Crippen LogP contribution >= 0.6 is 0 Å². The molecule has 0 radical (unpaired) electrons. The molecule has 2 heterocycles. The van der Waals surface area contributed by atoms with Gasteiger partial charge in [-0.3, -0.25) is 4.79 Å². The number of methoxy groups -OCH3 is 2. The molecular formula is C13H19N3O4. The molecule has 7 heteroatoms. The van der Waals surface area contributed by atoms with Crippen LogP contribution in [0.5, 0.6) is 0 Å². The molecular weight excluding hydrogens is 262 g/mol. The summed E-state index contributed by atoms with van der Waals surface area (Å²) in [5, 5.41) is 7.38. The van der Waals surface area contributed by atoms with Crippen molar-refractivity contribution < 1.29 is 19.0 Å². The average molecular weight is 281 g/mol. The molecule has 0 bridgehead atoms. The number of carbonyl (C=O) groups is 1. The van der Waals surface area contributed by atoms with Crippen LogP contribution in [0, 0.1) is 0 Å². The molecule has 7 nitrogen and oxygen atoms in total. The van der Waals surface area contributed by atoms with Crippen molar-refractivity contribution in [3.05, 3.63) is 24.0 Å². The highest BCUT2D eigenvalue weighted by molar-refractivity contribution is 5.93. The van der Waals surface area contributed by atoms with Gasteiger partial charge in [0.05, 0.1) is 37.2 Å². The van der Waals surface area contributed by atoms with Crippen LogP contribution in [-0.2, 0) is 14.2 Å². The molecule has 3 atom stereocenters. The Balaban J connectivity index is 2.14. The van der Waals surface area contributed by atoms with E-state index in [0.29, 0.717) is 18.8 Å². The van der Waals surface area contributed by atoms with Gasteiger partial charge in [0.1, 0.15) is 12.2 Å². The monoisotopic (exact) mass is 281 g/mol. The van der Waals surface area contributed by atoms with E-state index in [0.717, 1.165) is 0 Å². The third-order valence-corrected chi connectivity index (χ3v) is 3.54. The highest BCUT2D eigenvalue weighted by Gasteiger charge is 2.38. The molecule has 1 aromatic heterocycles. The Hall–Kier alpha value is -1.57. The quantitative estimate of drug-likeness (QED) is 0.772. The zero-order valence-corrected chi connectivity index (χ0v) is 11.9. The molecule has 1 aliphatic rings. The van der Waals surface area contributed by atoms with E-state index in [-0.39, 0.29) is 24.2 Å². The minimum atomic E-state index is -0.225. The Morgan fingerprint density at radius 1 is 1.35 bits per heavy atom. The Labute approximate surface area is 117 Å². The van der Waals surface area contributed by atoms with Crippen LogP contribution in [0.3, 0.4) is 0 Å². The fourth-order valence-corrected chi connectivity index (χ4v) is 2.36. The Morgan fingerprint density at radius 3 is 2.75 bits per heavy atom. The van der Waals surface area contributed by atoms with Gasteiger partial charge < -0.3 is 19.1 Å². The van der Waals surface area contributed by atoms with E-state index in [1.54, 1.807) is 32.2 Å². The van der Waals surface area contributed by atoms with Crippen LogP contribution in [0.1, 0.15) is 10.4 Å². The SMILES string of the molecule is CO[C@H]1[C@H](N(C)C(=O)c2ccnnc2)COC[C@H]1OC. The Kier molecular flexibility index (Phi) is 4.99. The van der Waals surface area contributed by atoms with Crippen LogP contribution in [0.2, 0.25) is 0 Å². The van der Waals surface area contributed by atoms with Crippen LogP contribution < -0.4 is 0 Å². The van der Waals surface area contributed by atoms with Crippen LogP contribution in [-0.4, -0.2) is 73.7 Å². The highest BCUT2D eigenvalue weighted by Crippen LogP contribution is 2.20. The van der Waals surface area contributed by atoms with E-state index in [9.17, 15) is 4.79 Å². The maximum Gasteiger partial charge on any atom is 0.255 e. The smallest absolute Gasteiger partial charge is 0.255 e. The lowest BCUT2D eigenvalue weighted by Crippen LogP contribution is -2.57. The number of ether oxygens (including phenoxy) is 3. The zero-order chi connectivity index (χ0) is 14.5. The van der Waals surface area contributed by atoms with Gasteiger partial charge >= 0.3 is 0 Å². The van der Waals surface area contributed by atoms with Crippen LogP contribution in [0.4, 0.5) is 0 Å². The molecule has 2 rings (SSSR count). The first kappa shape index (κ1) is 14.8. The van der Waals surface area contributed by atoms with Gasteiger partial charge in [-0.05, 0) is 6.07 Å². The maximum atomic E-state index is 12.4. The molecule has 0 aromatic carbocycles. The van der Waals surface area contributed by atoms with E-state index >= 15 is 0 Å². The summed E-state index contributed by atoms with van der Waals surface area (Å²) in [6, 6.07) is 1.42. The summed E-state index contributed by atoms with van der Waals surface area (Å²) in [7, 11) is 4.94. The molecule has 0 N–H and O–H groups in total. The van der Waals surface area contributed by atoms with Crippen molar-refractivity contribution in [2.24, 2.45) is 0 Å². The summed E-state index contributed by atoms with van der Waals surface area (Å²) in [4.78, 5) is 14.0.